The van der Waals surface area contributed by atoms with E-state index in [4.69, 9.17) is 5.73 Å². The number of hydrogen-bond donors (Lipinski definition) is 1. The molecule has 0 aliphatic carbocycles. The molecule has 0 spiro atoms. The highest BCUT2D eigenvalue weighted by molar-refractivity contribution is 5.81. The molecule has 1 amide bonds. The zero-order valence-electron chi connectivity index (χ0n) is 9.64. The molecule has 0 aliphatic rings. The predicted molar refractivity (Wildman–Crippen MR) is 61.8 cm³/mol. The van der Waals surface area contributed by atoms with Crippen molar-refractivity contribution in [3.63, 3.8) is 0 Å². The molecule has 0 saturated carbocycles. The maximum absolute atomic E-state index is 12.1. The van der Waals surface area contributed by atoms with Crippen LogP contribution in [0.2, 0.25) is 0 Å². The normalized spacial score (nSPS) is 12.5. The molecule has 94 valence electrons. The Morgan fingerprint density at radius 2 is 1.94 bits per heavy atom. The van der Waals surface area contributed by atoms with E-state index in [0.29, 0.717) is 6.42 Å². The van der Waals surface area contributed by atoms with Gasteiger partial charge >= 0.3 is 0 Å². The minimum atomic E-state index is -2.53. The Balaban J connectivity index is 2.52. The second-order valence-electron chi connectivity index (χ2n) is 3.91. The van der Waals surface area contributed by atoms with Gasteiger partial charge < -0.3 is 10.6 Å². The number of hydrogen-bond acceptors (Lipinski definition) is 2. The van der Waals surface area contributed by atoms with Crippen LogP contribution in [0.4, 0.5) is 8.78 Å². The van der Waals surface area contributed by atoms with Gasteiger partial charge in [0.25, 0.3) is 6.43 Å². The zero-order valence-corrected chi connectivity index (χ0v) is 9.64. The van der Waals surface area contributed by atoms with Crippen LogP contribution in [0.5, 0.6) is 0 Å². The number of likely N-dealkylation sites (N-methyl/N-ethyl adjacent to an activating group) is 1. The van der Waals surface area contributed by atoms with Crippen molar-refractivity contribution < 1.29 is 13.6 Å². The Hall–Kier alpha value is -1.49. The highest BCUT2D eigenvalue weighted by atomic mass is 19.3. The van der Waals surface area contributed by atoms with Crippen molar-refractivity contribution in [2.75, 3.05) is 13.6 Å². The first-order valence-corrected chi connectivity index (χ1v) is 5.33. The van der Waals surface area contributed by atoms with Crippen LogP contribution in [0.1, 0.15) is 5.56 Å². The second kappa shape index (κ2) is 6.30. The van der Waals surface area contributed by atoms with E-state index in [2.05, 4.69) is 0 Å². The molecule has 2 N–H and O–H groups in total. The average Bonchev–Trinajstić information content (AvgIpc) is 2.28. The van der Waals surface area contributed by atoms with Crippen molar-refractivity contribution in [1.82, 2.24) is 4.90 Å². The predicted octanol–water partition coefficient (Wildman–Crippen LogP) is 1.28. The molecule has 1 aromatic rings. The second-order valence-corrected chi connectivity index (χ2v) is 3.91. The SMILES string of the molecule is CN(CC(F)F)C(=O)[C@H](N)Cc1ccccc1. The van der Waals surface area contributed by atoms with E-state index >= 15 is 0 Å². The van der Waals surface area contributed by atoms with Gasteiger partial charge in [-0.25, -0.2) is 8.78 Å². The third-order valence-corrected chi connectivity index (χ3v) is 2.40. The molecule has 0 bridgehead atoms. The highest BCUT2D eigenvalue weighted by Crippen LogP contribution is 2.05. The molecular weight excluding hydrogens is 226 g/mol. The molecule has 0 aliphatic heterocycles. The minimum Gasteiger partial charge on any atom is -0.339 e. The molecular formula is C12H16F2N2O. The minimum absolute atomic E-state index is 0.354. The summed E-state index contributed by atoms with van der Waals surface area (Å²) in [5, 5.41) is 0. The fraction of sp³-hybridized carbons (Fsp3) is 0.417. The molecule has 0 heterocycles. The number of nitrogens with zero attached hydrogens (tertiary/aromatic N) is 1. The van der Waals surface area contributed by atoms with E-state index in [-0.39, 0.29) is 0 Å². The maximum atomic E-state index is 12.1. The third-order valence-electron chi connectivity index (χ3n) is 2.40. The standard InChI is InChI=1S/C12H16F2N2O/c1-16(8-11(13)14)12(17)10(15)7-9-5-3-2-4-6-9/h2-6,10-11H,7-8,15H2,1H3/t10-/m1/s1. The lowest BCUT2D eigenvalue weighted by Gasteiger charge is -2.20. The van der Waals surface area contributed by atoms with Gasteiger partial charge in [0.2, 0.25) is 5.91 Å². The van der Waals surface area contributed by atoms with Gasteiger partial charge in [-0.1, -0.05) is 30.3 Å². The Morgan fingerprint density at radius 3 is 2.47 bits per heavy atom. The van der Waals surface area contributed by atoms with Crippen LogP contribution in [-0.2, 0) is 11.2 Å². The van der Waals surface area contributed by atoms with Gasteiger partial charge in [-0.05, 0) is 12.0 Å². The summed E-state index contributed by atoms with van der Waals surface area (Å²) in [4.78, 5) is 12.6. The lowest BCUT2D eigenvalue weighted by molar-refractivity contribution is -0.132. The Bertz CT molecular complexity index is 357. The third kappa shape index (κ3) is 4.48. The van der Waals surface area contributed by atoms with Crippen LogP contribution in [0.3, 0.4) is 0 Å². The number of carbonyl (C=O) groups is 1. The van der Waals surface area contributed by atoms with Gasteiger partial charge in [-0.3, -0.25) is 4.79 Å². The molecule has 0 fully saturated rings. The maximum Gasteiger partial charge on any atom is 0.255 e. The molecule has 0 radical (unpaired) electrons. The Morgan fingerprint density at radius 1 is 1.35 bits per heavy atom. The summed E-state index contributed by atoms with van der Waals surface area (Å²) in [7, 11) is 1.33. The molecule has 3 nitrogen and oxygen atoms in total. The van der Waals surface area contributed by atoms with Gasteiger partial charge in [0.1, 0.15) is 0 Å². The van der Waals surface area contributed by atoms with E-state index in [0.717, 1.165) is 10.5 Å². The number of alkyl halides is 2. The number of halogens is 2. The summed E-state index contributed by atoms with van der Waals surface area (Å²) < 4.78 is 24.2. The zero-order chi connectivity index (χ0) is 12.8. The van der Waals surface area contributed by atoms with Gasteiger partial charge in [-0.2, -0.15) is 0 Å². The average molecular weight is 242 g/mol. The largest absolute Gasteiger partial charge is 0.339 e. The van der Waals surface area contributed by atoms with Crippen LogP contribution in [0, 0.1) is 0 Å². The smallest absolute Gasteiger partial charge is 0.255 e. The molecule has 1 atom stereocenters. The lowest BCUT2D eigenvalue weighted by atomic mass is 10.1. The number of rotatable bonds is 5. The first-order valence-electron chi connectivity index (χ1n) is 5.33. The lowest BCUT2D eigenvalue weighted by Crippen LogP contribution is -2.44. The fourth-order valence-electron chi connectivity index (χ4n) is 1.54. The van der Waals surface area contributed by atoms with Crippen molar-refractivity contribution in [1.29, 1.82) is 0 Å². The summed E-state index contributed by atoms with van der Waals surface area (Å²) in [6, 6.07) is 8.46. The van der Waals surface area contributed by atoms with Crippen molar-refractivity contribution >= 4 is 5.91 Å². The summed E-state index contributed by atoms with van der Waals surface area (Å²) in [6.45, 7) is -0.582. The van der Waals surface area contributed by atoms with Gasteiger partial charge in [-0.15, -0.1) is 0 Å². The molecule has 1 aromatic carbocycles. The van der Waals surface area contributed by atoms with E-state index in [1.54, 1.807) is 0 Å². The van der Waals surface area contributed by atoms with Crippen LogP contribution < -0.4 is 5.73 Å². The summed E-state index contributed by atoms with van der Waals surface area (Å²) in [5.41, 5.74) is 6.61. The van der Waals surface area contributed by atoms with Crippen LogP contribution in [0.15, 0.2) is 30.3 Å². The van der Waals surface area contributed by atoms with Crippen molar-refractivity contribution in [3.05, 3.63) is 35.9 Å². The Labute approximate surface area is 99.2 Å². The molecule has 5 heteroatoms. The van der Waals surface area contributed by atoms with Crippen LogP contribution in [-0.4, -0.2) is 36.9 Å². The monoisotopic (exact) mass is 242 g/mol. The topological polar surface area (TPSA) is 46.3 Å². The van der Waals surface area contributed by atoms with Gasteiger partial charge in [0.15, 0.2) is 0 Å². The van der Waals surface area contributed by atoms with Gasteiger partial charge in [0.05, 0.1) is 12.6 Å². The quantitative estimate of drug-likeness (QED) is 0.845. The summed E-state index contributed by atoms with van der Waals surface area (Å²) in [6.07, 6.45) is -2.18. The fourth-order valence-corrected chi connectivity index (χ4v) is 1.54. The first kappa shape index (κ1) is 13.6. The first-order chi connectivity index (χ1) is 8.00. The number of benzene rings is 1. The highest BCUT2D eigenvalue weighted by Gasteiger charge is 2.20. The van der Waals surface area contributed by atoms with E-state index in [1.165, 1.54) is 7.05 Å². The molecule has 17 heavy (non-hydrogen) atoms. The van der Waals surface area contributed by atoms with Crippen molar-refractivity contribution in [2.45, 2.75) is 18.9 Å². The van der Waals surface area contributed by atoms with E-state index < -0.39 is 24.9 Å². The van der Waals surface area contributed by atoms with Crippen molar-refractivity contribution in [2.24, 2.45) is 5.73 Å². The van der Waals surface area contributed by atoms with Crippen molar-refractivity contribution in [3.8, 4) is 0 Å². The molecule has 1 rings (SSSR count). The van der Waals surface area contributed by atoms with Crippen LogP contribution in [0.25, 0.3) is 0 Å². The number of nitrogens with two attached hydrogens (primary N) is 1. The van der Waals surface area contributed by atoms with E-state index in [1.807, 2.05) is 30.3 Å². The Kier molecular flexibility index (Phi) is 5.03. The molecule has 0 aromatic heterocycles. The number of carbonyl (C=O) groups excluding carboxylic acids is 1. The number of amides is 1. The summed E-state index contributed by atoms with van der Waals surface area (Å²) in [5.74, 6) is -0.464. The van der Waals surface area contributed by atoms with Gasteiger partial charge in [0, 0.05) is 7.05 Å². The molecule has 0 unspecified atom stereocenters. The van der Waals surface area contributed by atoms with E-state index in [9.17, 15) is 13.6 Å². The molecule has 0 saturated heterocycles. The van der Waals surface area contributed by atoms with Crippen LogP contribution >= 0.6 is 0 Å². The summed E-state index contributed by atoms with van der Waals surface area (Å²) >= 11 is 0.